The van der Waals surface area contributed by atoms with Gasteiger partial charge in [0.05, 0.1) is 6.54 Å². The molecule has 0 aliphatic carbocycles. The molecule has 4 nitrogen and oxygen atoms in total. The summed E-state index contributed by atoms with van der Waals surface area (Å²) in [6.45, 7) is 2.71. The van der Waals surface area contributed by atoms with Crippen molar-refractivity contribution < 1.29 is 0 Å². The van der Waals surface area contributed by atoms with Crippen LogP contribution in [0, 0.1) is 6.92 Å². The molecule has 1 aromatic rings. The Morgan fingerprint density at radius 1 is 1.77 bits per heavy atom. The zero-order valence-corrected chi connectivity index (χ0v) is 8.93. The second-order valence-corrected chi connectivity index (χ2v) is 3.76. The number of aromatic nitrogens is 1. The number of hydrogen-bond acceptors (Lipinski definition) is 3. The zero-order chi connectivity index (χ0) is 9.84. The third-order valence-corrected chi connectivity index (χ3v) is 2.61. The first-order valence-electron chi connectivity index (χ1n) is 3.98. The van der Waals surface area contributed by atoms with Crippen LogP contribution in [0.2, 0.25) is 0 Å². The lowest BCUT2D eigenvalue weighted by Crippen LogP contribution is -2.33. The highest BCUT2D eigenvalue weighted by molar-refractivity contribution is 7.09. The molecule has 0 spiro atoms. The van der Waals surface area contributed by atoms with Crippen molar-refractivity contribution in [2.75, 3.05) is 14.1 Å². The van der Waals surface area contributed by atoms with Gasteiger partial charge in [-0.3, -0.25) is 4.99 Å². The van der Waals surface area contributed by atoms with E-state index in [0.29, 0.717) is 5.96 Å². The molecule has 0 bridgehead atoms. The molecule has 13 heavy (non-hydrogen) atoms. The fraction of sp³-hybridized carbons (Fsp3) is 0.500. The third-order valence-electron chi connectivity index (χ3n) is 1.66. The molecular formula is C8H14N4S. The van der Waals surface area contributed by atoms with Gasteiger partial charge in [-0.05, 0) is 6.92 Å². The van der Waals surface area contributed by atoms with Crippen molar-refractivity contribution in [3.8, 4) is 0 Å². The molecule has 72 valence electrons. The van der Waals surface area contributed by atoms with Crippen molar-refractivity contribution in [3.63, 3.8) is 0 Å². The number of nitrogens with zero attached hydrogens (tertiary/aromatic N) is 3. The molecule has 1 aromatic heterocycles. The van der Waals surface area contributed by atoms with Gasteiger partial charge < -0.3 is 10.6 Å². The quantitative estimate of drug-likeness (QED) is 0.565. The SMILES string of the molecule is CN=C(N)N(C)Cc1nc(C)cs1. The van der Waals surface area contributed by atoms with E-state index < -0.39 is 0 Å². The summed E-state index contributed by atoms with van der Waals surface area (Å²) in [5, 5.41) is 3.09. The summed E-state index contributed by atoms with van der Waals surface area (Å²) in [5.74, 6) is 0.535. The van der Waals surface area contributed by atoms with Crippen molar-refractivity contribution in [2.24, 2.45) is 10.7 Å². The van der Waals surface area contributed by atoms with Gasteiger partial charge >= 0.3 is 0 Å². The minimum Gasteiger partial charge on any atom is -0.370 e. The number of thiazole rings is 1. The first kappa shape index (κ1) is 9.98. The number of hydrogen-bond donors (Lipinski definition) is 1. The van der Waals surface area contributed by atoms with E-state index in [-0.39, 0.29) is 0 Å². The molecule has 0 aromatic carbocycles. The first-order chi connectivity index (χ1) is 6.13. The van der Waals surface area contributed by atoms with E-state index in [1.54, 1.807) is 18.4 Å². The van der Waals surface area contributed by atoms with Gasteiger partial charge in [-0.25, -0.2) is 4.98 Å². The largest absolute Gasteiger partial charge is 0.370 e. The molecule has 2 N–H and O–H groups in total. The molecule has 1 rings (SSSR count). The molecule has 0 aliphatic heterocycles. The zero-order valence-electron chi connectivity index (χ0n) is 8.11. The van der Waals surface area contributed by atoms with Gasteiger partial charge in [0.25, 0.3) is 0 Å². The van der Waals surface area contributed by atoms with Gasteiger partial charge in [-0.1, -0.05) is 0 Å². The van der Waals surface area contributed by atoms with E-state index in [0.717, 1.165) is 17.2 Å². The van der Waals surface area contributed by atoms with Crippen LogP contribution in [0.1, 0.15) is 10.7 Å². The normalized spacial score (nSPS) is 11.8. The van der Waals surface area contributed by atoms with Crippen molar-refractivity contribution >= 4 is 17.3 Å². The van der Waals surface area contributed by atoms with Crippen LogP contribution in [0.4, 0.5) is 0 Å². The standard InChI is InChI=1S/C8H14N4S/c1-6-5-13-7(11-6)4-12(3)8(9)10-2/h5H,4H2,1-3H3,(H2,9,10). The highest BCUT2D eigenvalue weighted by Gasteiger charge is 2.04. The maximum atomic E-state index is 5.62. The van der Waals surface area contributed by atoms with Gasteiger partial charge in [-0.15, -0.1) is 11.3 Å². The second-order valence-electron chi connectivity index (χ2n) is 2.82. The number of guanidine groups is 1. The Kier molecular flexibility index (Phi) is 3.25. The average Bonchev–Trinajstić information content (AvgIpc) is 2.49. The molecule has 0 fully saturated rings. The summed E-state index contributed by atoms with van der Waals surface area (Å²) in [7, 11) is 3.58. The smallest absolute Gasteiger partial charge is 0.191 e. The number of nitrogens with two attached hydrogens (primary N) is 1. The molecule has 0 unspecified atom stereocenters. The summed E-state index contributed by atoms with van der Waals surface area (Å²) >= 11 is 1.64. The molecule has 0 saturated carbocycles. The van der Waals surface area contributed by atoms with Gasteiger partial charge in [0.2, 0.25) is 0 Å². The molecule has 0 atom stereocenters. The van der Waals surface area contributed by atoms with Crippen LogP contribution >= 0.6 is 11.3 Å². The summed E-state index contributed by atoms with van der Waals surface area (Å²) in [6, 6.07) is 0. The van der Waals surface area contributed by atoms with Crippen LogP contribution in [0.25, 0.3) is 0 Å². The molecular weight excluding hydrogens is 184 g/mol. The summed E-state index contributed by atoms with van der Waals surface area (Å²) in [4.78, 5) is 10.1. The van der Waals surface area contributed by atoms with Crippen LogP contribution in [0.3, 0.4) is 0 Å². The third kappa shape index (κ3) is 2.69. The predicted octanol–water partition coefficient (Wildman–Crippen LogP) is 0.828. The lowest BCUT2D eigenvalue weighted by Gasteiger charge is -2.15. The Hall–Kier alpha value is -1.10. The molecule has 0 aliphatic rings. The van der Waals surface area contributed by atoms with Crippen LogP contribution < -0.4 is 5.73 Å². The minimum atomic E-state index is 0.535. The van der Waals surface area contributed by atoms with Crippen molar-refractivity contribution in [3.05, 3.63) is 16.1 Å². The molecule has 0 amide bonds. The van der Waals surface area contributed by atoms with E-state index in [2.05, 4.69) is 9.98 Å². The fourth-order valence-corrected chi connectivity index (χ4v) is 1.75. The van der Waals surface area contributed by atoms with Gasteiger partial charge in [0, 0.05) is 25.2 Å². The van der Waals surface area contributed by atoms with E-state index in [9.17, 15) is 0 Å². The fourth-order valence-electron chi connectivity index (χ4n) is 0.930. The number of aliphatic imine (C=N–C) groups is 1. The van der Waals surface area contributed by atoms with Crippen LogP contribution in [-0.4, -0.2) is 29.9 Å². The lowest BCUT2D eigenvalue weighted by atomic mass is 10.5. The molecule has 0 saturated heterocycles. The Balaban J connectivity index is 2.59. The van der Waals surface area contributed by atoms with Crippen LogP contribution in [0.15, 0.2) is 10.4 Å². The van der Waals surface area contributed by atoms with E-state index in [4.69, 9.17) is 5.73 Å². The van der Waals surface area contributed by atoms with Crippen LogP contribution in [-0.2, 0) is 6.54 Å². The summed E-state index contributed by atoms with van der Waals surface area (Å²) in [5.41, 5.74) is 6.68. The maximum absolute atomic E-state index is 5.62. The summed E-state index contributed by atoms with van der Waals surface area (Å²) in [6.07, 6.45) is 0. The molecule has 5 heteroatoms. The highest BCUT2D eigenvalue weighted by Crippen LogP contribution is 2.10. The van der Waals surface area contributed by atoms with Gasteiger partial charge in [-0.2, -0.15) is 0 Å². The molecule has 0 radical (unpaired) electrons. The number of rotatable bonds is 2. The second kappa shape index (κ2) is 4.23. The van der Waals surface area contributed by atoms with Gasteiger partial charge in [0.1, 0.15) is 5.01 Å². The average molecular weight is 198 g/mol. The first-order valence-corrected chi connectivity index (χ1v) is 4.86. The Morgan fingerprint density at radius 3 is 2.92 bits per heavy atom. The van der Waals surface area contributed by atoms with E-state index >= 15 is 0 Å². The highest BCUT2D eigenvalue weighted by atomic mass is 32.1. The number of aryl methyl sites for hydroxylation is 1. The van der Waals surface area contributed by atoms with Crippen LogP contribution in [0.5, 0.6) is 0 Å². The van der Waals surface area contributed by atoms with Crippen molar-refractivity contribution in [1.29, 1.82) is 0 Å². The van der Waals surface area contributed by atoms with Crippen molar-refractivity contribution in [1.82, 2.24) is 9.88 Å². The Morgan fingerprint density at radius 2 is 2.46 bits per heavy atom. The maximum Gasteiger partial charge on any atom is 0.191 e. The van der Waals surface area contributed by atoms with E-state index in [1.807, 2.05) is 24.3 Å². The minimum absolute atomic E-state index is 0.535. The van der Waals surface area contributed by atoms with Crippen molar-refractivity contribution in [2.45, 2.75) is 13.5 Å². The Bertz CT molecular complexity index is 305. The lowest BCUT2D eigenvalue weighted by molar-refractivity contribution is 0.492. The monoisotopic (exact) mass is 198 g/mol. The topological polar surface area (TPSA) is 54.5 Å². The molecule has 1 heterocycles. The summed E-state index contributed by atoms with van der Waals surface area (Å²) < 4.78 is 0. The van der Waals surface area contributed by atoms with E-state index in [1.165, 1.54) is 0 Å². The predicted molar refractivity (Wildman–Crippen MR) is 55.9 cm³/mol. The van der Waals surface area contributed by atoms with Gasteiger partial charge in [0.15, 0.2) is 5.96 Å². The Labute approximate surface area is 82.1 Å².